The Morgan fingerprint density at radius 1 is 0.885 bits per heavy atom. The maximum absolute atomic E-state index is 11.8. The highest BCUT2D eigenvalue weighted by Crippen LogP contribution is 2.03. The number of aliphatic hydroxyl groups is 2. The molecular weight excluding hydrogens is 332 g/mol. The monoisotopic (exact) mass is 354 g/mol. The zero-order valence-electron chi connectivity index (χ0n) is 14.4. The molecular formula is C21H22O5. The van der Waals surface area contributed by atoms with Gasteiger partial charge in [-0.2, -0.15) is 0 Å². The first kappa shape index (κ1) is 19.8. The van der Waals surface area contributed by atoms with Crippen LogP contribution in [0.3, 0.4) is 0 Å². The molecule has 0 aliphatic carbocycles. The van der Waals surface area contributed by atoms with Crippen molar-refractivity contribution in [3.8, 4) is 11.8 Å². The van der Waals surface area contributed by atoms with Gasteiger partial charge in [-0.15, -0.1) is 0 Å². The lowest BCUT2D eigenvalue weighted by molar-refractivity contribution is -0.0697. The van der Waals surface area contributed by atoms with Crippen LogP contribution in [0.15, 0.2) is 60.7 Å². The quantitative estimate of drug-likeness (QED) is 0.311. The Balaban J connectivity index is 1.61. The van der Waals surface area contributed by atoms with E-state index < -0.39 is 12.2 Å². The molecule has 2 N–H and O–H groups in total. The molecule has 0 saturated heterocycles. The Kier molecular flexibility index (Phi) is 8.53. The largest absolute Gasteiger partial charge is 0.388 e. The highest BCUT2D eigenvalue weighted by molar-refractivity contribution is 6.08. The van der Waals surface area contributed by atoms with Crippen molar-refractivity contribution in [2.75, 3.05) is 19.8 Å². The highest BCUT2D eigenvalue weighted by Gasteiger charge is 2.16. The summed E-state index contributed by atoms with van der Waals surface area (Å²) in [6, 6.07) is 18.3. The zero-order chi connectivity index (χ0) is 18.6. The lowest BCUT2D eigenvalue weighted by atomic mass is 10.1. The van der Waals surface area contributed by atoms with Crippen molar-refractivity contribution in [2.45, 2.75) is 18.8 Å². The maximum Gasteiger partial charge on any atom is 0.235 e. The number of ether oxygens (including phenoxy) is 2. The Morgan fingerprint density at radius 3 is 2.12 bits per heavy atom. The molecule has 2 aromatic carbocycles. The minimum Gasteiger partial charge on any atom is -0.388 e. The lowest BCUT2D eigenvalue weighted by Crippen LogP contribution is -2.34. The van der Waals surface area contributed by atoms with E-state index >= 15 is 0 Å². The van der Waals surface area contributed by atoms with Gasteiger partial charge in [0.05, 0.1) is 19.8 Å². The first-order chi connectivity index (χ1) is 12.7. The van der Waals surface area contributed by atoms with Crippen LogP contribution in [0, 0.1) is 11.8 Å². The molecule has 26 heavy (non-hydrogen) atoms. The van der Waals surface area contributed by atoms with Gasteiger partial charge in [-0.25, -0.2) is 0 Å². The minimum absolute atomic E-state index is 0.00239. The van der Waals surface area contributed by atoms with Crippen molar-refractivity contribution >= 4 is 5.78 Å². The van der Waals surface area contributed by atoms with Crippen LogP contribution in [-0.2, 0) is 16.1 Å². The number of carbonyl (C=O) groups excluding carboxylic acids is 1. The van der Waals surface area contributed by atoms with Crippen LogP contribution in [0.2, 0.25) is 0 Å². The Labute approximate surface area is 153 Å². The van der Waals surface area contributed by atoms with Crippen LogP contribution in [0.5, 0.6) is 0 Å². The van der Waals surface area contributed by atoms with E-state index in [-0.39, 0.29) is 25.6 Å². The van der Waals surface area contributed by atoms with Crippen LogP contribution >= 0.6 is 0 Å². The third-order valence-electron chi connectivity index (χ3n) is 3.55. The highest BCUT2D eigenvalue weighted by atomic mass is 16.5. The normalized spacial score (nSPS) is 12.7. The zero-order valence-corrected chi connectivity index (χ0v) is 14.4. The van der Waals surface area contributed by atoms with Crippen LogP contribution in [0.1, 0.15) is 15.9 Å². The van der Waals surface area contributed by atoms with E-state index in [0.29, 0.717) is 12.2 Å². The molecule has 0 bridgehead atoms. The minimum atomic E-state index is -1.09. The Hall–Kier alpha value is -2.49. The van der Waals surface area contributed by atoms with Gasteiger partial charge in [-0.3, -0.25) is 4.79 Å². The summed E-state index contributed by atoms with van der Waals surface area (Å²) in [5.74, 6) is 4.78. The van der Waals surface area contributed by atoms with Gasteiger partial charge in [0.2, 0.25) is 5.78 Å². The van der Waals surface area contributed by atoms with Crippen molar-refractivity contribution in [1.82, 2.24) is 0 Å². The van der Waals surface area contributed by atoms with Gasteiger partial charge in [0, 0.05) is 5.56 Å². The van der Waals surface area contributed by atoms with Crippen molar-refractivity contribution in [2.24, 2.45) is 0 Å². The maximum atomic E-state index is 11.8. The smallest absolute Gasteiger partial charge is 0.235 e. The molecule has 0 saturated carbocycles. The summed E-state index contributed by atoms with van der Waals surface area (Å²) in [6.45, 7) is 0.257. The summed E-state index contributed by atoms with van der Waals surface area (Å²) in [4.78, 5) is 11.8. The van der Waals surface area contributed by atoms with Crippen LogP contribution in [0.4, 0.5) is 0 Å². The van der Waals surface area contributed by atoms with E-state index in [1.807, 2.05) is 36.4 Å². The van der Waals surface area contributed by atoms with Gasteiger partial charge in [-0.1, -0.05) is 66.6 Å². The van der Waals surface area contributed by atoms with Crippen molar-refractivity contribution in [3.05, 3.63) is 71.8 Å². The van der Waals surface area contributed by atoms with E-state index in [0.717, 1.165) is 5.56 Å². The standard InChI is InChI=1S/C21H22O5/c22-19(18-10-5-2-6-11-18)12-7-13-25-15-20(23)21(24)16-26-14-17-8-3-1-4-9-17/h1-6,8-11,20-21,23-24H,13-16H2/t20-,21-/m0/s1. The fourth-order valence-corrected chi connectivity index (χ4v) is 2.10. The fraction of sp³-hybridized carbons (Fsp3) is 0.286. The van der Waals surface area contributed by atoms with E-state index in [1.54, 1.807) is 24.3 Å². The third kappa shape index (κ3) is 7.18. The molecule has 0 heterocycles. The molecule has 0 aliphatic heterocycles. The number of aliphatic hydroxyl groups excluding tert-OH is 2. The summed E-state index contributed by atoms with van der Waals surface area (Å²) >= 11 is 0. The summed E-state index contributed by atoms with van der Waals surface area (Å²) in [5.41, 5.74) is 1.51. The number of ketones is 1. The SMILES string of the molecule is O=C(C#CCOC[C@H](O)[C@@H](O)COCc1ccccc1)c1ccccc1. The molecule has 0 radical (unpaired) electrons. The van der Waals surface area contributed by atoms with Crippen LogP contribution in [0.25, 0.3) is 0 Å². The molecule has 2 atom stereocenters. The average Bonchev–Trinajstić information content (AvgIpc) is 2.68. The third-order valence-corrected chi connectivity index (χ3v) is 3.55. The molecule has 0 aromatic heterocycles. The molecule has 0 amide bonds. The first-order valence-corrected chi connectivity index (χ1v) is 8.30. The van der Waals surface area contributed by atoms with Crippen LogP contribution in [-0.4, -0.2) is 48.0 Å². The van der Waals surface area contributed by atoms with Gasteiger partial charge >= 0.3 is 0 Å². The van der Waals surface area contributed by atoms with Crippen molar-refractivity contribution in [3.63, 3.8) is 0 Å². The van der Waals surface area contributed by atoms with E-state index in [9.17, 15) is 15.0 Å². The Morgan fingerprint density at radius 2 is 1.46 bits per heavy atom. The second kappa shape index (κ2) is 11.2. The fourth-order valence-electron chi connectivity index (χ4n) is 2.10. The molecule has 0 spiro atoms. The van der Waals surface area contributed by atoms with Crippen LogP contribution < -0.4 is 0 Å². The molecule has 0 fully saturated rings. The molecule has 2 rings (SSSR count). The molecule has 5 heteroatoms. The first-order valence-electron chi connectivity index (χ1n) is 8.30. The molecule has 0 unspecified atom stereocenters. The molecule has 5 nitrogen and oxygen atoms in total. The van der Waals surface area contributed by atoms with Gasteiger partial charge < -0.3 is 19.7 Å². The number of Topliss-reactive ketones (excluding diaryl/α,β-unsaturated/α-hetero) is 1. The van der Waals surface area contributed by atoms with Gasteiger partial charge in [0.1, 0.15) is 18.8 Å². The van der Waals surface area contributed by atoms with Gasteiger partial charge in [0.25, 0.3) is 0 Å². The second-order valence-corrected chi connectivity index (χ2v) is 5.65. The predicted octanol–water partition coefficient (Wildman–Crippen LogP) is 1.83. The molecule has 2 aromatic rings. The van der Waals surface area contributed by atoms with E-state index in [2.05, 4.69) is 11.8 Å². The van der Waals surface area contributed by atoms with E-state index in [1.165, 1.54) is 0 Å². The van der Waals surface area contributed by atoms with Gasteiger partial charge in [0.15, 0.2) is 0 Å². The molecule has 0 aliphatic rings. The number of rotatable bonds is 9. The number of benzene rings is 2. The summed E-state index contributed by atoms with van der Waals surface area (Å²) in [6.07, 6.45) is -2.14. The van der Waals surface area contributed by atoms with Crippen molar-refractivity contribution in [1.29, 1.82) is 0 Å². The topological polar surface area (TPSA) is 76.0 Å². The van der Waals surface area contributed by atoms with Gasteiger partial charge in [-0.05, 0) is 11.5 Å². The number of hydrogen-bond acceptors (Lipinski definition) is 5. The summed E-state index contributed by atoms with van der Waals surface area (Å²) in [7, 11) is 0. The summed E-state index contributed by atoms with van der Waals surface area (Å²) < 4.78 is 10.5. The number of carbonyl (C=O) groups is 1. The average molecular weight is 354 g/mol. The molecule has 136 valence electrons. The number of hydrogen-bond donors (Lipinski definition) is 2. The van der Waals surface area contributed by atoms with Crippen molar-refractivity contribution < 1.29 is 24.5 Å². The second-order valence-electron chi connectivity index (χ2n) is 5.65. The lowest BCUT2D eigenvalue weighted by Gasteiger charge is -2.17. The Bertz CT molecular complexity index is 718. The predicted molar refractivity (Wildman–Crippen MR) is 97.5 cm³/mol. The summed E-state index contributed by atoms with van der Waals surface area (Å²) in [5, 5.41) is 19.7. The van der Waals surface area contributed by atoms with E-state index in [4.69, 9.17) is 9.47 Å².